The van der Waals surface area contributed by atoms with Gasteiger partial charge in [-0.3, -0.25) is 0 Å². The molecule has 5 nitrogen and oxygen atoms in total. The van der Waals surface area contributed by atoms with Crippen LogP contribution in [0, 0.1) is 23.4 Å². The van der Waals surface area contributed by atoms with Gasteiger partial charge >= 0.3 is 0 Å². The van der Waals surface area contributed by atoms with Crippen LogP contribution in [0.2, 0.25) is 0 Å². The molecule has 9 heteroatoms. The third-order valence-electron chi connectivity index (χ3n) is 7.38. The van der Waals surface area contributed by atoms with Crippen LogP contribution in [0.1, 0.15) is 51.2 Å². The molecule has 1 aliphatic heterocycles. The number of halogens is 4. The van der Waals surface area contributed by atoms with Crippen molar-refractivity contribution in [3.05, 3.63) is 95.6 Å². The summed E-state index contributed by atoms with van der Waals surface area (Å²) in [5.74, 6) is -2.50. The molecule has 1 saturated carbocycles. The second-order valence-corrected chi connectivity index (χ2v) is 10.0. The summed E-state index contributed by atoms with van der Waals surface area (Å²) in [6, 6.07) is 7.23. The molecule has 0 aromatic heterocycles. The van der Waals surface area contributed by atoms with E-state index in [2.05, 4.69) is 11.7 Å². The monoisotopic (exact) mass is 529 g/mol. The van der Waals surface area contributed by atoms with Gasteiger partial charge in [0.1, 0.15) is 29.0 Å². The number of allylic oxidation sites excluding steroid dienone is 3. The number of ether oxygens (including phenoxy) is 1. The van der Waals surface area contributed by atoms with Gasteiger partial charge in [-0.1, -0.05) is 32.6 Å². The minimum absolute atomic E-state index is 0.0708. The minimum Gasteiger partial charge on any atom is -0.484 e. The van der Waals surface area contributed by atoms with E-state index in [1.807, 2.05) is 13.8 Å². The lowest BCUT2D eigenvalue weighted by Gasteiger charge is -2.49. The fraction of sp³-hybridized carbons (Fsp3) is 0.345. The van der Waals surface area contributed by atoms with Crippen LogP contribution in [0.4, 0.5) is 17.6 Å². The van der Waals surface area contributed by atoms with E-state index >= 15 is 8.78 Å². The minimum atomic E-state index is -2.12. The van der Waals surface area contributed by atoms with Gasteiger partial charge in [0.2, 0.25) is 0 Å². The Morgan fingerprint density at radius 2 is 1.89 bits per heavy atom. The SMILES string of the molecule is C=C1C=C(c2ccc(F)c(OC3CC(F)(C(C)(O)c4ccc(F)cc4)C3)c2F)C=CN1/N=C(/N)C(C)CC. The van der Waals surface area contributed by atoms with Gasteiger partial charge in [0.15, 0.2) is 17.4 Å². The molecule has 3 N–H and O–H groups in total. The Labute approximate surface area is 219 Å². The fourth-order valence-electron chi connectivity index (χ4n) is 4.44. The van der Waals surface area contributed by atoms with Crippen molar-refractivity contribution in [2.24, 2.45) is 16.8 Å². The molecule has 202 valence electrons. The Kier molecular flexibility index (Phi) is 7.43. The summed E-state index contributed by atoms with van der Waals surface area (Å²) in [5, 5.41) is 16.7. The van der Waals surface area contributed by atoms with Gasteiger partial charge in [-0.05, 0) is 60.9 Å². The summed E-state index contributed by atoms with van der Waals surface area (Å²) < 4.78 is 64.4. The van der Waals surface area contributed by atoms with E-state index in [-0.39, 0.29) is 29.9 Å². The predicted octanol–water partition coefficient (Wildman–Crippen LogP) is 6.31. The molecule has 0 radical (unpaired) electrons. The highest BCUT2D eigenvalue weighted by atomic mass is 19.1. The highest BCUT2D eigenvalue weighted by Crippen LogP contribution is 2.51. The van der Waals surface area contributed by atoms with E-state index < -0.39 is 40.6 Å². The second kappa shape index (κ2) is 10.3. The zero-order valence-electron chi connectivity index (χ0n) is 21.5. The topological polar surface area (TPSA) is 71.1 Å². The summed E-state index contributed by atoms with van der Waals surface area (Å²) in [4.78, 5) is 0. The van der Waals surface area contributed by atoms with Gasteiger partial charge in [-0.25, -0.2) is 22.6 Å². The van der Waals surface area contributed by atoms with E-state index in [1.165, 1.54) is 30.1 Å². The van der Waals surface area contributed by atoms with Crippen LogP contribution < -0.4 is 10.5 Å². The molecule has 2 aromatic carbocycles. The summed E-state index contributed by atoms with van der Waals surface area (Å²) in [6.45, 7) is 9.17. The van der Waals surface area contributed by atoms with Crippen molar-refractivity contribution in [2.45, 2.75) is 57.4 Å². The zero-order chi connectivity index (χ0) is 27.8. The molecule has 2 atom stereocenters. The first-order valence-corrected chi connectivity index (χ1v) is 12.4. The molecular weight excluding hydrogens is 498 g/mol. The number of amidine groups is 1. The van der Waals surface area contributed by atoms with E-state index in [9.17, 15) is 13.9 Å². The molecule has 38 heavy (non-hydrogen) atoms. The van der Waals surface area contributed by atoms with Crippen molar-refractivity contribution in [1.29, 1.82) is 0 Å². The lowest BCUT2D eigenvalue weighted by molar-refractivity contribution is -0.176. The molecule has 2 aliphatic rings. The van der Waals surface area contributed by atoms with Gasteiger partial charge in [-0.15, -0.1) is 0 Å². The number of hydrazone groups is 1. The quantitative estimate of drug-likeness (QED) is 0.239. The first-order valence-electron chi connectivity index (χ1n) is 12.4. The Morgan fingerprint density at radius 3 is 2.50 bits per heavy atom. The van der Waals surface area contributed by atoms with Gasteiger partial charge in [0, 0.05) is 30.5 Å². The number of hydrogen-bond donors (Lipinski definition) is 2. The molecular formula is C29H31F4N3O2. The maximum Gasteiger partial charge on any atom is 0.191 e. The molecule has 0 bridgehead atoms. The van der Waals surface area contributed by atoms with Crippen LogP contribution in [-0.2, 0) is 5.60 Å². The Morgan fingerprint density at radius 1 is 1.24 bits per heavy atom. The number of rotatable bonds is 8. The number of benzene rings is 2. The number of alkyl halides is 1. The van der Waals surface area contributed by atoms with Gasteiger partial charge in [-0.2, -0.15) is 5.10 Å². The lowest BCUT2D eigenvalue weighted by atomic mass is 9.66. The standard InChI is InChI=1S/C29H31F4N3O2/c1-5-17(2)27(34)35-36-13-12-19(14-18(36)3)23-10-11-24(31)26(25(23)32)38-22-15-29(33,16-22)28(4,37)20-6-8-21(30)9-7-20/h6-14,17,22,37H,3,5,15-16H2,1-2,4H3,(H2,34,35). The smallest absolute Gasteiger partial charge is 0.191 e. The summed E-state index contributed by atoms with van der Waals surface area (Å²) in [5.41, 5.74) is 3.07. The average molecular weight is 530 g/mol. The largest absolute Gasteiger partial charge is 0.484 e. The van der Waals surface area contributed by atoms with E-state index in [1.54, 1.807) is 18.4 Å². The zero-order valence-corrected chi connectivity index (χ0v) is 21.5. The summed E-state index contributed by atoms with van der Waals surface area (Å²) in [6.07, 6.45) is 4.11. The summed E-state index contributed by atoms with van der Waals surface area (Å²) >= 11 is 0. The first-order chi connectivity index (χ1) is 17.9. The molecule has 2 aromatic rings. The molecule has 0 spiro atoms. The fourth-order valence-corrected chi connectivity index (χ4v) is 4.44. The van der Waals surface area contributed by atoms with Crippen LogP contribution in [0.3, 0.4) is 0 Å². The number of nitrogens with two attached hydrogens (primary N) is 1. The van der Waals surface area contributed by atoms with Crippen molar-refractivity contribution in [2.75, 3.05) is 0 Å². The van der Waals surface area contributed by atoms with Crippen LogP contribution in [-0.4, -0.2) is 27.7 Å². The maximum atomic E-state index is 15.6. The van der Waals surface area contributed by atoms with Crippen molar-refractivity contribution in [3.63, 3.8) is 0 Å². The third kappa shape index (κ3) is 5.07. The second-order valence-electron chi connectivity index (χ2n) is 10.0. The van der Waals surface area contributed by atoms with Crippen molar-refractivity contribution in [3.8, 4) is 5.75 Å². The Hall–Kier alpha value is -3.59. The molecule has 0 amide bonds. The molecule has 1 fully saturated rings. The number of aliphatic hydroxyl groups is 1. The normalized spacial score (nSPS) is 23.9. The molecule has 1 aliphatic carbocycles. The third-order valence-corrected chi connectivity index (χ3v) is 7.38. The molecule has 0 saturated heterocycles. The van der Waals surface area contributed by atoms with Crippen LogP contribution in [0.15, 0.2) is 72.1 Å². The number of hydrogen-bond acceptors (Lipinski definition) is 4. The predicted molar refractivity (Wildman–Crippen MR) is 139 cm³/mol. The summed E-state index contributed by atoms with van der Waals surface area (Å²) in [7, 11) is 0. The van der Waals surface area contributed by atoms with Gasteiger partial charge < -0.3 is 15.6 Å². The highest BCUT2D eigenvalue weighted by molar-refractivity contribution is 5.83. The Bertz CT molecular complexity index is 1310. The van der Waals surface area contributed by atoms with Crippen molar-refractivity contribution < 1.29 is 27.4 Å². The molecule has 4 rings (SSSR count). The maximum absolute atomic E-state index is 15.6. The highest BCUT2D eigenvalue weighted by Gasteiger charge is 2.59. The van der Waals surface area contributed by atoms with Crippen LogP contribution in [0.25, 0.3) is 5.57 Å². The van der Waals surface area contributed by atoms with E-state index in [0.29, 0.717) is 17.1 Å². The number of nitrogens with zero attached hydrogens (tertiary/aromatic N) is 2. The molecule has 1 heterocycles. The van der Waals surface area contributed by atoms with Crippen molar-refractivity contribution >= 4 is 11.4 Å². The Balaban J connectivity index is 1.49. The van der Waals surface area contributed by atoms with Gasteiger partial charge in [0.05, 0.1) is 5.70 Å². The molecule has 2 unspecified atom stereocenters. The van der Waals surface area contributed by atoms with Gasteiger partial charge in [0.25, 0.3) is 0 Å². The van der Waals surface area contributed by atoms with E-state index in [4.69, 9.17) is 10.5 Å². The van der Waals surface area contributed by atoms with Crippen molar-refractivity contribution in [1.82, 2.24) is 5.01 Å². The van der Waals surface area contributed by atoms with E-state index in [0.717, 1.165) is 24.6 Å². The lowest BCUT2D eigenvalue weighted by Crippen LogP contribution is -2.58. The average Bonchev–Trinajstić information content (AvgIpc) is 2.86. The van der Waals surface area contributed by atoms with Crippen LogP contribution in [0.5, 0.6) is 5.75 Å². The van der Waals surface area contributed by atoms with Crippen LogP contribution >= 0.6 is 0 Å². The first kappa shape index (κ1) is 27.4.